The number of urea groups is 1. The van der Waals surface area contributed by atoms with Crippen molar-refractivity contribution in [1.29, 1.82) is 0 Å². The number of hydrogen-bond donors (Lipinski definition) is 1. The Hall–Kier alpha value is -1.81. The summed E-state index contributed by atoms with van der Waals surface area (Å²) in [6.07, 6.45) is 0. The van der Waals surface area contributed by atoms with E-state index < -0.39 is 6.03 Å². The molecular weight excluding hydrogens is 268 g/mol. The van der Waals surface area contributed by atoms with Crippen LogP contribution >= 0.6 is 11.3 Å². The van der Waals surface area contributed by atoms with Gasteiger partial charge in [0, 0.05) is 10.3 Å². The zero-order valence-corrected chi connectivity index (χ0v) is 13.1. The molecule has 0 spiro atoms. The molecule has 0 aliphatic carbocycles. The molecule has 1 aromatic carbocycles. The van der Waals surface area contributed by atoms with Gasteiger partial charge in [-0.2, -0.15) is 0 Å². The number of primary amides is 1. The molecule has 0 unspecified atom stereocenters. The molecule has 106 valence electrons. The zero-order chi connectivity index (χ0) is 14.9. The van der Waals surface area contributed by atoms with Gasteiger partial charge in [-0.3, -0.25) is 4.90 Å². The second kappa shape index (κ2) is 5.29. The second-order valence-corrected chi connectivity index (χ2v) is 6.84. The van der Waals surface area contributed by atoms with Crippen LogP contribution in [0.25, 0.3) is 0 Å². The third-order valence-electron chi connectivity index (χ3n) is 3.10. The molecule has 0 aliphatic heterocycles. The van der Waals surface area contributed by atoms with Gasteiger partial charge in [0.15, 0.2) is 0 Å². The van der Waals surface area contributed by atoms with Crippen molar-refractivity contribution in [2.75, 3.05) is 4.90 Å². The van der Waals surface area contributed by atoms with E-state index in [1.165, 1.54) is 4.88 Å². The van der Waals surface area contributed by atoms with Crippen LogP contribution in [-0.4, -0.2) is 6.03 Å². The lowest BCUT2D eigenvalue weighted by atomic mass is 9.94. The molecule has 2 rings (SSSR count). The Morgan fingerprint density at radius 2 is 1.75 bits per heavy atom. The molecule has 0 bridgehead atoms. The molecule has 4 heteroatoms. The van der Waals surface area contributed by atoms with Crippen molar-refractivity contribution in [2.45, 2.75) is 33.1 Å². The molecule has 0 atom stereocenters. The van der Waals surface area contributed by atoms with Gasteiger partial charge in [-0.05, 0) is 30.5 Å². The van der Waals surface area contributed by atoms with Gasteiger partial charge < -0.3 is 5.73 Å². The van der Waals surface area contributed by atoms with Crippen molar-refractivity contribution >= 4 is 28.7 Å². The van der Waals surface area contributed by atoms with Crippen LogP contribution in [0.1, 0.15) is 31.2 Å². The van der Waals surface area contributed by atoms with E-state index in [1.54, 1.807) is 16.2 Å². The van der Waals surface area contributed by atoms with Gasteiger partial charge >= 0.3 is 6.03 Å². The van der Waals surface area contributed by atoms with Crippen molar-refractivity contribution in [3.8, 4) is 0 Å². The van der Waals surface area contributed by atoms with Crippen LogP contribution in [0.2, 0.25) is 0 Å². The van der Waals surface area contributed by atoms with Crippen molar-refractivity contribution in [3.63, 3.8) is 0 Å². The third-order valence-corrected chi connectivity index (χ3v) is 4.44. The molecule has 3 nitrogen and oxygen atoms in total. The van der Waals surface area contributed by atoms with Crippen LogP contribution < -0.4 is 10.6 Å². The highest BCUT2D eigenvalue weighted by Gasteiger charge is 2.21. The fourth-order valence-corrected chi connectivity index (χ4v) is 2.90. The second-order valence-electron chi connectivity index (χ2n) is 5.93. The topological polar surface area (TPSA) is 46.3 Å². The van der Waals surface area contributed by atoms with Gasteiger partial charge in [0.1, 0.15) is 0 Å². The summed E-state index contributed by atoms with van der Waals surface area (Å²) in [4.78, 5) is 14.6. The maximum atomic E-state index is 11.8. The number of carbonyl (C=O) groups excluding carboxylic acids is 1. The summed E-state index contributed by atoms with van der Waals surface area (Å²) >= 11 is 1.65. The highest BCUT2D eigenvalue weighted by atomic mass is 32.1. The average Bonchev–Trinajstić information content (AvgIpc) is 2.80. The lowest BCUT2D eigenvalue weighted by Crippen LogP contribution is -2.31. The van der Waals surface area contributed by atoms with Crippen molar-refractivity contribution in [3.05, 3.63) is 46.2 Å². The Bertz CT molecular complexity index is 608. The van der Waals surface area contributed by atoms with E-state index in [2.05, 4.69) is 20.8 Å². The Morgan fingerprint density at radius 1 is 1.15 bits per heavy atom. The van der Waals surface area contributed by atoms with E-state index >= 15 is 0 Å². The van der Waals surface area contributed by atoms with Crippen molar-refractivity contribution in [2.24, 2.45) is 5.73 Å². The molecule has 2 aromatic rings. The Kier molecular flexibility index (Phi) is 3.86. The minimum atomic E-state index is -0.466. The van der Waals surface area contributed by atoms with Gasteiger partial charge in [-0.1, -0.05) is 38.5 Å². The maximum absolute atomic E-state index is 11.8. The van der Waals surface area contributed by atoms with Gasteiger partial charge in [0.2, 0.25) is 0 Å². The Morgan fingerprint density at radius 3 is 2.20 bits per heavy atom. The first-order valence-electron chi connectivity index (χ1n) is 6.54. The lowest BCUT2D eigenvalue weighted by molar-refractivity contribution is 0.256. The fourth-order valence-electron chi connectivity index (χ4n) is 1.93. The number of hydrogen-bond acceptors (Lipinski definition) is 2. The maximum Gasteiger partial charge on any atom is 0.323 e. The first-order valence-corrected chi connectivity index (χ1v) is 7.42. The van der Waals surface area contributed by atoms with E-state index in [9.17, 15) is 4.79 Å². The number of carbonyl (C=O) groups is 1. The Balaban J connectivity index is 2.41. The number of amides is 2. The van der Waals surface area contributed by atoms with Crippen molar-refractivity contribution in [1.82, 2.24) is 0 Å². The summed E-state index contributed by atoms with van der Waals surface area (Å²) in [6, 6.07) is 9.34. The number of thiophene rings is 1. The number of rotatable bonds is 2. The molecule has 1 heterocycles. The quantitative estimate of drug-likeness (QED) is 0.864. The monoisotopic (exact) mass is 288 g/mol. The number of benzene rings is 1. The molecule has 2 N–H and O–H groups in total. The first kappa shape index (κ1) is 14.6. The molecule has 0 saturated carbocycles. The molecule has 0 aliphatic rings. The van der Waals surface area contributed by atoms with Crippen molar-refractivity contribution < 1.29 is 4.79 Å². The summed E-state index contributed by atoms with van der Waals surface area (Å²) in [6.45, 7) is 8.48. The summed E-state index contributed by atoms with van der Waals surface area (Å²) in [7, 11) is 0. The van der Waals surface area contributed by atoms with Crippen LogP contribution in [0, 0.1) is 6.92 Å². The van der Waals surface area contributed by atoms with Gasteiger partial charge in [0.25, 0.3) is 0 Å². The SMILES string of the molecule is Cc1ccc(N(C(N)=O)c2csc(C(C)(C)C)c2)cc1. The normalized spacial score (nSPS) is 11.4. The highest BCUT2D eigenvalue weighted by Crippen LogP contribution is 2.35. The summed E-state index contributed by atoms with van der Waals surface area (Å²) in [5, 5.41) is 1.98. The molecule has 1 aromatic heterocycles. The van der Waals surface area contributed by atoms with Crippen LogP contribution in [0.15, 0.2) is 35.7 Å². The van der Waals surface area contributed by atoms with E-state index in [-0.39, 0.29) is 5.41 Å². The zero-order valence-electron chi connectivity index (χ0n) is 12.3. The highest BCUT2D eigenvalue weighted by molar-refractivity contribution is 7.10. The van der Waals surface area contributed by atoms with Crippen LogP contribution in [0.3, 0.4) is 0 Å². The molecule has 0 radical (unpaired) electrons. The summed E-state index contributed by atoms with van der Waals surface area (Å²) < 4.78 is 0. The van der Waals surface area contributed by atoms with E-state index in [0.29, 0.717) is 0 Å². The molecule has 20 heavy (non-hydrogen) atoms. The number of nitrogens with two attached hydrogens (primary N) is 1. The van der Waals surface area contributed by atoms with Gasteiger partial charge in [-0.15, -0.1) is 11.3 Å². The van der Waals surface area contributed by atoms with Gasteiger partial charge in [-0.25, -0.2) is 4.79 Å². The summed E-state index contributed by atoms with van der Waals surface area (Å²) in [5.41, 5.74) is 8.39. The fraction of sp³-hybridized carbons (Fsp3) is 0.312. The van der Waals surface area contributed by atoms with Crippen LogP contribution in [0.5, 0.6) is 0 Å². The number of nitrogens with zero attached hydrogens (tertiary/aromatic N) is 1. The molecule has 2 amide bonds. The van der Waals surface area contributed by atoms with Crippen LogP contribution in [-0.2, 0) is 5.41 Å². The standard InChI is InChI=1S/C16H20N2OS/c1-11-5-7-12(8-6-11)18(15(17)19)13-9-14(20-10-13)16(2,3)4/h5-10H,1-4H3,(H2,17,19). The minimum Gasteiger partial charge on any atom is -0.351 e. The van der Waals surface area contributed by atoms with Gasteiger partial charge in [0.05, 0.1) is 11.4 Å². The smallest absolute Gasteiger partial charge is 0.323 e. The largest absolute Gasteiger partial charge is 0.351 e. The number of aryl methyl sites for hydroxylation is 1. The van der Waals surface area contributed by atoms with E-state index in [4.69, 9.17) is 5.73 Å². The Labute approximate surface area is 124 Å². The summed E-state index contributed by atoms with van der Waals surface area (Å²) in [5.74, 6) is 0. The number of anilines is 2. The van der Waals surface area contributed by atoms with E-state index in [0.717, 1.165) is 16.9 Å². The molecule has 0 fully saturated rings. The minimum absolute atomic E-state index is 0.0690. The lowest BCUT2D eigenvalue weighted by Gasteiger charge is -2.20. The predicted octanol–water partition coefficient (Wildman–Crippen LogP) is 4.57. The molecular formula is C16H20N2OS. The first-order chi connectivity index (χ1) is 9.29. The predicted molar refractivity (Wildman–Crippen MR) is 85.9 cm³/mol. The molecule has 0 saturated heterocycles. The van der Waals surface area contributed by atoms with E-state index in [1.807, 2.05) is 42.6 Å². The average molecular weight is 288 g/mol. The third kappa shape index (κ3) is 3.02. The van der Waals surface area contributed by atoms with Crippen LogP contribution in [0.4, 0.5) is 16.2 Å².